The molecule has 0 aromatic heterocycles. The maximum Gasteiger partial charge on any atom is 0.344 e. The third-order valence-corrected chi connectivity index (χ3v) is 6.28. The van der Waals surface area contributed by atoms with Crippen LogP contribution in [0.5, 0.6) is 5.75 Å². The van der Waals surface area contributed by atoms with E-state index in [0.29, 0.717) is 12.8 Å². The Labute approximate surface area is 176 Å². The molecule has 1 aromatic carbocycles. The van der Waals surface area contributed by atoms with E-state index in [4.69, 9.17) is 4.74 Å². The number of piperazine rings is 1. The van der Waals surface area contributed by atoms with Crippen molar-refractivity contribution in [1.82, 2.24) is 20.7 Å². The Morgan fingerprint density at radius 1 is 1.07 bits per heavy atom. The van der Waals surface area contributed by atoms with Crippen LogP contribution in [0.4, 0.5) is 10.5 Å². The lowest BCUT2D eigenvalue weighted by Gasteiger charge is -2.36. The Hall–Kier alpha value is -2.81. The van der Waals surface area contributed by atoms with Gasteiger partial charge in [-0.15, -0.1) is 0 Å². The van der Waals surface area contributed by atoms with Gasteiger partial charge in [0, 0.05) is 31.9 Å². The Morgan fingerprint density at radius 2 is 1.73 bits per heavy atom. The molecule has 2 aliphatic heterocycles. The number of rotatable bonds is 5. The van der Waals surface area contributed by atoms with Crippen molar-refractivity contribution in [2.24, 2.45) is 0 Å². The summed E-state index contributed by atoms with van der Waals surface area (Å²) in [5, 5.41) is 3.68. The fraction of sp³-hybridized carbons (Fsp3) is 0.571. The number of carbonyl (C=O) groups is 3. The van der Waals surface area contributed by atoms with Crippen LogP contribution in [0.1, 0.15) is 32.1 Å². The van der Waals surface area contributed by atoms with Gasteiger partial charge < -0.3 is 15.0 Å². The molecule has 1 aromatic rings. The highest BCUT2D eigenvalue weighted by atomic mass is 16.5. The van der Waals surface area contributed by atoms with E-state index < -0.39 is 11.6 Å². The minimum Gasteiger partial charge on any atom is -0.497 e. The van der Waals surface area contributed by atoms with Gasteiger partial charge in [-0.05, 0) is 37.1 Å². The van der Waals surface area contributed by atoms with Crippen LogP contribution in [0, 0.1) is 0 Å². The molecule has 3 fully saturated rings. The van der Waals surface area contributed by atoms with Gasteiger partial charge in [0.2, 0.25) is 0 Å². The molecule has 30 heavy (non-hydrogen) atoms. The molecule has 1 spiro atoms. The Balaban J connectivity index is 1.27. The molecule has 162 valence electrons. The first-order valence-corrected chi connectivity index (χ1v) is 10.6. The number of hydrogen-bond acceptors (Lipinski definition) is 6. The second-order valence-corrected chi connectivity index (χ2v) is 8.21. The third-order valence-electron chi connectivity index (χ3n) is 6.28. The second-order valence-electron chi connectivity index (χ2n) is 8.21. The normalized spacial score (nSPS) is 21.6. The molecule has 9 heteroatoms. The fourth-order valence-electron chi connectivity index (χ4n) is 4.54. The van der Waals surface area contributed by atoms with Crippen molar-refractivity contribution in [3.05, 3.63) is 24.3 Å². The Kier molecular flexibility index (Phi) is 5.80. The van der Waals surface area contributed by atoms with Gasteiger partial charge in [0.15, 0.2) is 0 Å². The Morgan fingerprint density at radius 3 is 2.37 bits per heavy atom. The van der Waals surface area contributed by atoms with Crippen LogP contribution in [0.2, 0.25) is 0 Å². The summed E-state index contributed by atoms with van der Waals surface area (Å²) in [4.78, 5) is 41.8. The summed E-state index contributed by atoms with van der Waals surface area (Å²) in [6, 6.07) is 7.40. The van der Waals surface area contributed by atoms with E-state index in [1.807, 2.05) is 29.2 Å². The molecular formula is C21H29N5O4. The van der Waals surface area contributed by atoms with Crippen LogP contribution in [0.15, 0.2) is 24.3 Å². The predicted molar refractivity (Wildman–Crippen MR) is 111 cm³/mol. The van der Waals surface area contributed by atoms with E-state index >= 15 is 0 Å². The first-order chi connectivity index (χ1) is 14.5. The number of hydrazine groups is 1. The Bertz CT molecular complexity index is 798. The number of carbonyl (C=O) groups excluding carboxylic acids is 3. The molecule has 1 aliphatic carbocycles. The summed E-state index contributed by atoms with van der Waals surface area (Å²) in [5.74, 6) is 0.152. The molecular weight excluding hydrogens is 386 g/mol. The monoisotopic (exact) mass is 415 g/mol. The first kappa shape index (κ1) is 20.5. The van der Waals surface area contributed by atoms with E-state index in [1.54, 1.807) is 7.11 Å². The molecule has 3 aliphatic rings. The number of imide groups is 1. The molecule has 4 amide bonds. The molecule has 0 atom stereocenters. The number of ether oxygens (including phenoxy) is 1. The summed E-state index contributed by atoms with van der Waals surface area (Å²) in [6.45, 7) is 3.20. The summed E-state index contributed by atoms with van der Waals surface area (Å²) in [7, 11) is 1.65. The van der Waals surface area contributed by atoms with Crippen molar-refractivity contribution >= 4 is 23.5 Å². The number of anilines is 1. The largest absolute Gasteiger partial charge is 0.497 e. The lowest BCUT2D eigenvalue weighted by Crippen LogP contribution is -2.54. The van der Waals surface area contributed by atoms with Gasteiger partial charge in [-0.25, -0.2) is 4.79 Å². The van der Waals surface area contributed by atoms with Crippen molar-refractivity contribution in [3.8, 4) is 5.75 Å². The summed E-state index contributed by atoms with van der Waals surface area (Å²) < 4.78 is 5.20. The van der Waals surface area contributed by atoms with Crippen LogP contribution in [0.25, 0.3) is 0 Å². The van der Waals surface area contributed by atoms with E-state index in [-0.39, 0.29) is 18.4 Å². The molecule has 9 nitrogen and oxygen atoms in total. The number of amides is 4. The van der Waals surface area contributed by atoms with E-state index in [0.717, 1.165) is 61.9 Å². The fourth-order valence-corrected chi connectivity index (χ4v) is 4.54. The van der Waals surface area contributed by atoms with E-state index in [2.05, 4.69) is 15.6 Å². The highest BCUT2D eigenvalue weighted by Crippen LogP contribution is 2.33. The van der Waals surface area contributed by atoms with Crippen LogP contribution in [-0.2, 0) is 9.59 Å². The molecule has 2 saturated heterocycles. The number of nitrogens with one attached hydrogen (secondary N) is 2. The van der Waals surface area contributed by atoms with Gasteiger partial charge in [-0.3, -0.25) is 19.9 Å². The SMILES string of the molecule is COc1ccc(N2CCN(CC(=O)NN3C(=O)NC4(CCCCC4)C3=O)CC2)cc1. The maximum absolute atomic E-state index is 12.8. The molecule has 2 N–H and O–H groups in total. The zero-order valence-electron chi connectivity index (χ0n) is 17.4. The second kappa shape index (κ2) is 8.51. The zero-order valence-corrected chi connectivity index (χ0v) is 17.4. The van der Waals surface area contributed by atoms with E-state index in [9.17, 15) is 14.4 Å². The maximum atomic E-state index is 12.8. The minimum absolute atomic E-state index is 0.153. The van der Waals surface area contributed by atoms with Crippen LogP contribution >= 0.6 is 0 Å². The number of urea groups is 1. The predicted octanol–water partition coefficient (Wildman–Crippen LogP) is 1.10. The number of benzene rings is 1. The standard InChI is InChI=1S/C21H29N5O4/c1-30-17-7-5-16(6-8-17)25-13-11-24(12-14-25)15-18(27)23-26-19(28)21(22-20(26)29)9-3-2-4-10-21/h5-8H,2-4,9-15H2,1H3,(H,22,29)(H,23,27). The molecule has 0 unspecified atom stereocenters. The average Bonchev–Trinajstić information content (AvgIpc) is 2.98. The van der Waals surface area contributed by atoms with Crippen molar-refractivity contribution < 1.29 is 19.1 Å². The van der Waals surface area contributed by atoms with Crippen LogP contribution in [0.3, 0.4) is 0 Å². The lowest BCUT2D eigenvalue weighted by molar-refractivity contribution is -0.140. The summed E-state index contributed by atoms with van der Waals surface area (Å²) in [5.41, 5.74) is 2.81. The average molecular weight is 415 g/mol. The van der Waals surface area contributed by atoms with Crippen molar-refractivity contribution in [2.75, 3.05) is 44.7 Å². The van der Waals surface area contributed by atoms with Crippen LogP contribution in [-0.4, -0.2) is 73.1 Å². The summed E-state index contributed by atoms with van der Waals surface area (Å²) >= 11 is 0. The van der Waals surface area contributed by atoms with Gasteiger partial charge in [-0.1, -0.05) is 19.3 Å². The number of hydrogen-bond donors (Lipinski definition) is 2. The van der Waals surface area contributed by atoms with E-state index in [1.165, 1.54) is 0 Å². The van der Waals surface area contributed by atoms with Crippen molar-refractivity contribution in [3.63, 3.8) is 0 Å². The highest BCUT2D eigenvalue weighted by molar-refractivity contribution is 6.08. The van der Waals surface area contributed by atoms with Gasteiger partial charge in [0.25, 0.3) is 11.8 Å². The number of nitrogens with zero attached hydrogens (tertiary/aromatic N) is 3. The first-order valence-electron chi connectivity index (χ1n) is 10.6. The quantitative estimate of drug-likeness (QED) is 0.700. The molecule has 0 radical (unpaired) electrons. The third kappa shape index (κ3) is 4.07. The van der Waals surface area contributed by atoms with Gasteiger partial charge in [-0.2, -0.15) is 5.01 Å². The highest BCUT2D eigenvalue weighted by Gasteiger charge is 2.52. The number of methoxy groups -OCH3 is 1. The topological polar surface area (TPSA) is 94.2 Å². The molecule has 1 saturated carbocycles. The van der Waals surface area contributed by atoms with Gasteiger partial charge >= 0.3 is 6.03 Å². The molecule has 0 bridgehead atoms. The van der Waals surface area contributed by atoms with Crippen LogP contribution < -0.4 is 20.4 Å². The summed E-state index contributed by atoms with van der Waals surface area (Å²) in [6.07, 6.45) is 4.16. The van der Waals surface area contributed by atoms with Crippen molar-refractivity contribution in [2.45, 2.75) is 37.6 Å². The zero-order chi connectivity index (χ0) is 21.1. The minimum atomic E-state index is -0.827. The van der Waals surface area contributed by atoms with Gasteiger partial charge in [0.1, 0.15) is 11.3 Å². The van der Waals surface area contributed by atoms with Crippen molar-refractivity contribution in [1.29, 1.82) is 0 Å². The lowest BCUT2D eigenvalue weighted by atomic mass is 9.82. The molecule has 4 rings (SSSR count). The molecule has 2 heterocycles. The smallest absolute Gasteiger partial charge is 0.344 e. The van der Waals surface area contributed by atoms with Gasteiger partial charge in [0.05, 0.1) is 13.7 Å².